The van der Waals surface area contributed by atoms with Gasteiger partial charge in [0.1, 0.15) is 5.75 Å². The average Bonchev–Trinajstić information content (AvgIpc) is 2.73. The third-order valence-electron chi connectivity index (χ3n) is 4.53. The highest BCUT2D eigenvalue weighted by Crippen LogP contribution is 2.48. The molecule has 3 aromatic carbocycles. The van der Waals surface area contributed by atoms with Crippen molar-refractivity contribution in [2.45, 2.75) is 4.75 Å². The Morgan fingerprint density at radius 3 is 1.73 bits per heavy atom. The standard InChI is InChI=1S/C23H25NOS/c1-24-17-18-26-23(19-9-5-3-6-10-19,20-11-7-4-8-12-20)21-13-15-22(25-2)16-14-21/h3-16,24H,17-18H2,1-2H3. The second kappa shape index (κ2) is 8.93. The summed E-state index contributed by atoms with van der Waals surface area (Å²) >= 11 is 1.96. The van der Waals surface area contributed by atoms with Gasteiger partial charge in [-0.25, -0.2) is 0 Å². The predicted molar refractivity (Wildman–Crippen MR) is 112 cm³/mol. The van der Waals surface area contributed by atoms with E-state index >= 15 is 0 Å². The van der Waals surface area contributed by atoms with Crippen LogP contribution in [-0.2, 0) is 4.75 Å². The van der Waals surface area contributed by atoms with Crippen LogP contribution in [0.4, 0.5) is 0 Å². The van der Waals surface area contributed by atoms with E-state index in [4.69, 9.17) is 4.74 Å². The van der Waals surface area contributed by atoms with Crippen LogP contribution in [0.15, 0.2) is 84.9 Å². The molecule has 0 saturated heterocycles. The van der Waals surface area contributed by atoms with E-state index in [0.717, 1.165) is 18.0 Å². The maximum Gasteiger partial charge on any atom is 0.118 e. The normalized spacial score (nSPS) is 11.3. The van der Waals surface area contributed by atoms with Crippen LogP contribution >= 0.6 is 11.8 Å². The Kier molecular flexibility index (Phi) is 6.37. The van der Waals surface area contributed by atoms with Crippen molar-refractivity contribution < 1.29 is 4.74 Å². The Labute approximate surface area is 160 Å². The predicted octanol–water partition coefficient (Wildman–Crippen LogP) is 4.94. The first-order chi connectivity index (χ1) is 12.8. The Morgan fingerprint density at radius 2 is 1.27 bits per heavy atom. The van der Waals surface area contributed by atoms with Crippen LogP contribution in [0.25, 0.3) is 0 Å². The molecule has 0 unspecified atom stereocenters. The summed E-state index contributed by atoms with van der Waals surface area (Å²) in [7, 11) is 3.71. The smallest absolute Gasteiger partial charge is 0.118 e. The largest absolute Gasteiger partial charge is 0.497 e. The number of hydrogen-bond acceptors (Lipinski definition) is 3. The van der Waals surface area contributed by atoms with E-state index in [9.17, 15) is 0 Å². The lowest BCUT2D eigenvalue weighted by molar-refractivity contribution is 0.414. The zero-order valence-corrected chi connectivity index (χ0v) is 16.1. The van der Waals surface area contributed by atoms with E-state index in [0.29, 0.717) is 0 Å². The lowest BCUT2D eigenvalue weighted by Crippen LogP contribution is -2.27. The molecular weight excluding hydrogens is 338 g/mol. The summed E-state index contributed by atoms with van der Waals surface area (Å²) in [6.45, 7) is 0.961. The van der Waals surface area contributed by atoms with E-state index in [-0.39, 0.29) is 4.75 Å². The molecule has 3 rings (SSSR count). The molecule has 0 spiro atoms. The minimum Gasteiger partial charge on any atom is -0.497 e. The molecule has 26 heavy (non-hydrogen) atoms. The van der Waals surface area contributed by atoms with Gasteiger partial charge in [0.05, 0.1) is 11.9 Å². The first-order valence-corrected chi connectivity index (χ1v) is 9.84. The van der Waals surface area contributed by atoms with Gasteiger partial charge in [-0.2, -0.15) is 0 Å². The average molecular weight is 364 g/mol. The highest BCUT2D eigenvalue weighted by atomic mass is 32.2. The van der Waals surface area contributed by atoms with Gasteiger partial charge in [-0.15, -0.1) is 11.8 Å². The molecule has 0 aliphatic heterocycles. The quantitative estimate of drug-likeness (QED) is 0.452. The van der Waals surface area contributed by atoms with Crippen LogP contribution in [0, 0.1) is 0 Å². The summed E-state index contributed by atoms with van der Waals surface area (Å²) in [4.78, 5) is 0. The van der Waals surface area contributed by atoms with Gasteiger partial charge in [-0.05, 0) is 35.9 Å². The molecule has 1 N–H and O–H groups in total. The van der Waals surface area contributed by atoms with E-state index in [2.05, 4.69) is 90.2 Å². The van der Waals surface area contributed by atoms with Gasteiger partial charge in [-0.3, -0.25) is 0 Å². The third-order valence-corrected chi connectivity index (χ3v) is 6.08. The highest BCUT2D eigenvalue weighted by Gasteiger charge is 2.36. The van der Waals surface area contributed by atoms with E-state index in [1.54, 1.807) is 7.11 Å². The monoisotopic (exact) mass is 363 g/mol. The lowest BCUT2D eigenvalue weighted by Gasteiger charge is -2.35. The van der Waals surface area contributed by atoms with E-state index in [1.807, 2.05) is 18.8 Å². The number of nitrogens with one attached hydrogen (secondary N) is 1. The fourth-order valence-electron chi connectivity index (χ4n) is 3.23. The minimum absolute atomic E-state index is 0.258. The Bertz CT molecular complexity index is 748. The molecule has 0 bridgehead atoms. The molecule has 0 radical (unpaired) electrons. The molecule has 0 amide bonds. The molecule has 3 aromatic rings. The fourth-order valence-corrected chi connectivity index (χ4v) is 4.75. The first-order valence-electron chi connectivity index (χ1n) is 8.85. The van der Waals surface area contributed by atoms with Gasteiger partial charge in [0.15, 0.2) is 0 Å². The summed E-state index contributed by atoms with van der Waals surface area (Å²) in [6, 6.07) is 30.0. The molecule has 0 saturated carbocycles. The highest BCUT2D eigenvalue weighted by molar-refractivity contribution is 8.00. The van der Waals surface area contributed by atoms with Crippen molar-refractivity contribution in [3.8, 4) is 5.75 Å². The van der Waals surface area contributed by atoms with Crippen molar-refractivity contribution in [1.29, 1.82) is 0 Å². The van der Waals surface area contributed by atoms with Crippen LogP contribution in [0.2, 0.25) is 0 Å². The van der Waals surface area contributed by atoms with Crippen LogP contribution in [0.1, 0.15) is 16.7 Å². The maximum absolute atomic E-state index is 5.38. The zero-order chi connectivity index (χ0) is 18.2. The second-order valence-electron chi connectivity index (χ2n) is 6.09. The van der Waals surface area contributed by atoms with Gasteiger partial charge < -0.3 is 10.1 Å². The van der Waals surface area contributed by atoms with Gasteiger partial charge in [-0.1, -0.05) is 72.8 Å². The van der Waals surface area contributed by atoms with Crippen molar-refractivity contribution in [3.05, 3.63) is 102 Å². The van der Waals surface area contributed by atoms with Gasteiger partial charge in [0.25, 0.3) is 0 Å². The number of ether oxygens (including phenoxy) is 1. The van der Waals surface area contributed by atoms with E-state index < -0.39 is 0 Å². The Balaban J connectivity index is 2.19. The van der Waals surface area contributed by atoms with Crippen LogP contribution in [0.5, 0.6) is 5.75 Å². The topological polar surface area (TPSA) is 21.3 Å². The molecule has 0 aromatic heterocycles. The van der Waals surface area contributed by atoms with Crippen molar-refractivity contribution in [2.75, 3.05) is 26.5 Å². The van der Waals surface area contributed by atoms with Crippen molar-refractivity contribution in [3.63, 3.8) is 0 Å². The molecule has 134 valence electrons. The van der Waals surface area contributed by atoms with Gasteiger partial charge >= 0.3 is 0 Å². The molecule has 3 heteroatoms. The molecule has 0 heterocycles. The number of rotatable bonds is 8. The fraction of sp³-hybridized carbons (Fsp3) is 0.217. The number of hydrogen-bond donors (Lipinski definition) is 1. The number of thioether (sulfide) groups is 1. The van der Waals surface area contributed by atoms with Crippen LogP contribution in [-0.4, -0.2) is 26.5 Å². The second-order valence-corrected chi connectivity index (χ2v) is 7.40. The summed E-state index contributed by atoms with van der Waals surface area (Å²) in [6.07, 6.45) is 0. The number of benzene rings is 3. The van der Waals surface area contributed by atoms with Crippen molar-refractivity contribution >= 4 is 11.8 Å². The SMILES string of the molecule is CNCCSC(c1ccccc1)(c1ccccc1)c1ccc(OC)cc1. The molecule has 2 nitrogen and oxygen atoms in total. The van der Waals surface area contributed by atoms with Crippen LogP contribution < -0.4 is 10.1 Å². The van der Waals surface area contributed by atoms with Crippen LogP contribution in [0.3, 0.4) is 0 Å². The summed E-state index contributed by atoms with van der Waals surface area (Å²) in [5, 5.41) is 3.27. The summed E-state index contributed by atoms with van der Waals surface area (Å²) in [5.41, 5.74) is 3.84. The summed E-state index contributed by atoms with van der Waals surface area (Å²) in [5.74, 6) is 1.88. The summed E-state index contributed by atoms with van der Waals surface area (Å²) < 4.78 is 5.12. The first kappa shape index (κ1) is 18.6. The van der Waals surface area contributed by atoms with Gasteiger partial charge in [0.2, 0.25) is 0 Å². The molecule has 0 fully saturated rings. The molecule has 0 aliphatic rings. The van der Waals surface area contributed by atoms with Gasteiger partial charge in [0, 0.05) is 12.3 Å². The molecular formula is C23H25NOS. The Morgan fingerprint density at radius 1 is 0.769 bits per heavy atom. The van der Waals surface area contributed by atoms with Crippen molar-refractivity contribution in [1.82, 2.24) is 5.32 Å². The third kappa shape index (κ3) is 3.79. The minimum atomic E-state index is -0.258. The van der Waals surface area contributed by atoms with Crippen molar-refractivity contribution in [2.24, 2.45) is 0 Å². The number of methoxy groups -OCH3 is 1. The Hall–Kier alpha value is -2.23. The maximum atomic E-state index is 5.38. The molecule has 0 aliphatic carbocycles. The van der Waals surface area contributed by atoms with E-state index in [1.165, 1.54) is 16.7 Å². The lowest BCUT2D eigenvalue weighted by atomic mass is 9.84. The zero-order valence-electron chi connectivity index (χ0n) is 15.3. The molecule has 0 atom stereocenters.